The molecule has 0 aliphatic rings. The van der Waals surface area contributed by atoms with Crippen molar-refractivity contribution in [3.63, 3.8) is 0 Å². The van der Waals surface area contributed by atoms with Gasteiger partial charge in [0.15, 0.2) is 0 Å². The van der Waals surface area contributed by atoms with Crippen molar-refractivity contribution in [2.75, 3.05) is 20.3 Å². The van der Waals surface area contributed by atoms with Crippen LogP contribution >= 0.6 is 15.9 Å². The highest BCUT2D eigenvalue weighted by molar-refractivity contribution is 9.10. The van der Waals surface area contributed by atoms with Crippen LogP contribution in [-0.2, 0) is 4.74 Å². The number of carbonyl (C=O) groups is 1. The summed E-state index contributed by atoms with van der Waals surface area (Å²) in [7, 11) is 1.61. The van der Waals surface area contributed by atoms with Gasteiger partial charge in [-0.3, -0.25) is 4.79 Å². The molecular formula is C14H14BrNO2. The molecule has 4 heteroatoms. The third-order valence-corrected chi connectivity index (χ3v) is 3.15. The highest BCUT2D eigenvalue weighted by Gasteiger charge is 2.05. The average molecular weight is 308 g/mol. The number of hydrogen-bond donors (Lipinski definition) is 1. The Morgan fingerprint density at radius 3 is 2.72 bits per heavy atom. The molecule has 0 atom stereocenters. The lowest BCUT2D eigenvalue weighted by Crippen LogP contribution is -2.26. The zero-order valence-corrected chi connectivity index (χ0v) is 11.7. The first-order valence-electron chi connectivity index (χ1n) is 5.67. The second-order valence-corrected chi connectivity index (χ2v) is 4.87. The monoisotopic (exact) mass is 307 g/mol. The van der Waals surface area contributed by atoms with E-state index in [9.17, 15) is 4.79 Å². The summed E-state index contributed by atoms with van der Waals surface area (Å²) in [4.78, 5) is 11.9. The van der Waals surface area contributed by atoms with Crippen molar-refractivity contribution < 1.29 is 9.53 Å². The highest BCUT2D eigenvalue weighted by Crippen LogP contribution is 2.20. The lowest BCUT2D eigenvalue weighted by molar-refractivity contribution is 0.0937. The van der Waals surface area contributed by atoms with Crippen molar-refractivity contribution in [1.82, 2.24) is 5.32 Å². The number of amides is 1. The van der Waals surface area contributed by atoms with Crippen molar-refractivity contribution in [2.45, 2.75) is 0 Å². The van der Waals surface area contributed by atoms with Crippen LogP contribution in [0.1, 0.15) is 10.4 Å². The normalized spacial score (nSPS) is 10.6. The number of ether oxygens (including phenoxy) is 1. The number of rotatable bonds is 4. The predicted octanol–water partition coefficient (Wildman–Crippen LogP) is 2.98. The van der Waals surface area contributed by atoms with Gasteiger partial charge < -0.3 is 10.1 Å². The maximum atomic E-state index is 11.9. The Balaban J connectivity index is 2.19. The summed E-state index contributed by atoms with van der Waals surface area (Å²) < 4.78 is 5.93. The van der Waals surface area contributed by atoms with Gasteiger partial charge in [-0.1, -0.05) is 28.1 Å². The van der Waals surface area contributed by atoms with Crippen LogP contribution in [0.25, 0.3) is 10.8 Å². The number of fused-ring (bicyclic) bond motifs is 1. The first-order valence-corrected chi connectivity index (χ1v) is 6.46. The molecule has 0 aromatic heterocycles. The topological polar surface area (TPSA) is 38.3 Å². The molecular weight excluding hydrogens is 294 g/mol. The molecule has 1 N–H and O–H groups in total. The molecule has 0 heterocycles. The van der Waals surface area contributed by atoms with Gasteiger partial charge in [0.25, 0.3) is 5.91 Å². The largest absolute Gasteiger partial charge is 0.383 e. The van der Waals surface area contributed by atoms with Gasteiger partial charge in [0.1, 0.15) is 0 Å². The standard InChI is InChI=1S/C14H14BrNO2/c1-18-7-6-16-14(17)12-3-2-11-9-13(15)5-4-10(11)8-12/h2-5,8-9H,6-7H2,1H3,(H,16,17). The lowest BCUT2D eigenvalue weighted by Gasteiger charge is -2.06. The second kappa shape index (κ2) is 5.98. The Morgan fingerprint density at radius 1 is 1.22 bits per heavy atom. The lowest BCUT2D eigenvalue weighted by atomic mass is 10.1. The first kappa shape index (κ1) is 13.1. The smallest absolute Gasteiger partial charge is 0.251 e. The Morgan fingerprint density at radius 2 is 1.94 bits per heavy atom. The molecule has 2 aromatic carbocycles. The maximum absolute atomic E-state index is 11.9. The SMILES string of the molecule is COCCNC(=O)c1ccc2cc(Br)ccc2c1. The summed E-state index contributed by atoms with van der Waals surface area (Å²) >= 11 is 3.43. The van der Waals surface area contributed by atoms with Crippen LogP contribution in [0.3, 0.4) is 0 Å². The summed E-state index contributed by atoms with van der Waals surface area (Å²) in [5.74, 6) is -0.0723. The number of halogens is 1. The molecule has 94 valence electrons. The van der Waals surface area contributed by atoms with E-state index in [-0.39, 0.29) is 5.91 Å². The molecule has 0 spiro atoms. The van der Waals surface area contributed by atoms with Crippen LogP contribution in [-0.4, -0.2) is 26.2 Å². The van der Waals surface area contributed by atoms with Gasteiger partial charge in [0, 0.05) is 23.7 Å². The van der Waals surface area contributed by atoms with Crippen molar-refractivity contribution in [1.29, 1.82) is 0 Å². The van der Waals surface area contributed by atoms with E-state index in [4.69, 9.17) is 4.74 Å². The molecule has 0 saturated carbocycles. The molecule has 0 aliphatic carbocycles. The van der Waals surface area contributed by atoms with Gasteiger partial charge >= 0.3 is 0 Å². The van der Waals surface area contributed by atoms with E-state index < -0.39 is 0 Å². The fourth-order valence-electron chi connectivity index (χ4n) is 1.73. The Bertz CT molecular complexity index is 569. The second-order valence-electron chi connectivity index (χ2n) is 3.95. The Labute approximate surface area is 114 Å². The fourth-order valence-corrected chi connectivity index (χ4v) is 2.11. The van der Waals surface area contributed by atoms with Crippen molar-refractivity contribution in [3.8, 4) is 0 Å². The van der Waals surface area contributed by atoms with Gasteiger partial charge in [0.2, 0.25) is 0 Å². The summed E-state index contributed by atoms with van der Waals surface area (Å²) in [6.45, 7) is 1.04. The Hall–Kier alpha value is -1.39. The van der Waals surface area contributed by atoms with E-state index in [2.05, 4.69) is 21.2 Å². The summed E-state index contributed by atoms with van der Waals surface area (Å²) in [5.41, 5.74) is 0.668. The molecule has 0 unspecified atom stereocenters. The number of hydrogen-bond acceptors (Lipinski definition) is 2. The molecule has 2 rings (SSSR count). The van der Waals surface area contributed by atoms with E-state index in [1.807, 2.05) is 36.4 Å². The summed E-state index contributed by atoms with van der Waals surface area (Å²) in [5, 5.41) is 4.97. The minimum atomic E-state index is -0.0723. The van der Waals surface area contributed by atoms with E-state index in [0.717, 1.165) is 15.2 Å². The first-order chi connectivity index (χ1) is 8.70. The molecule has 0 saturated heterocycles. The Kier molecular flexibility index (Phi) is 4.33. The summed E-state index contributed by atoms with van der Waals surface area (Å²) in [6.07, 6.45) is 0. The van der Waals surface area contributed by atoms with Crippen molar-refractivity contribution in [2.24, 2.45) is 0 Å². The van der Waals surface area contributed by atoms with Crippen LogP contribution in [0.4, 0.5) is 0 Å². The minimum absolute atomic E-state index is 0.0723. The molecule has 18 heavy (non-hydrogen) atoms. The number of nitrogens with one attached hydrogen (secondary N) is 1. The molecule has 0 radical (unpaired) electrons. The predicted molar refractivity (Wildman–Crippen MR) is 75.9 cm³/mol. The maximum Gasteiger partial charge on any atom is 0.251 e. The van der Waals surface area contributed by atoms with Crippen molar-refractivity contribution in [3.05, 3.63) is 46.4 Å². The summed E-state index contributed by atoms with van der Waals surface area (Å²) in [6, 6.07) is 11.7. The van der Waals surface area contributed by atoms with Crippen LogP contribution in [0.15, 0.2) is 40.9 Å². The van der Waals surface area contributed by atoms with Crippen LogP contribution in [0.5, 0.6) is 0 Å². The van der Waals surface area contributed by atoms with Gasteiger partial charge in [-0.25, -0.2) is 0 Å². The van der Waals surface area contributed by atoms with E-state index in [1.165, 1.54) is 0 Å². The van der Waals surface area contributed by atoms with Crippen LogP contribution in [0.2, 0.25) is 0 Å². The molecule has 2 aromatic rings. The number of methoxy groups -OCH3 is 1. The molecule has 1 amide bonds. The van der Waals surface area contributed by atoms with Crippen molar-refractivity contribution >= 4 is 32.6 Å². The molecule has 0 fully saturated rings. The molecule has 0 aliphatic heterocycles. The molecule has 0 bridgehead atoms. The number of carbonyl (C=O) groups excluding carboxylic acids is 1. The van der Waals surface area contributed by atoms with E-state index >= 15 is 0 Å². The van der Waals surface area contributed by atoms with Gasteiger partial charge in [-0.2, -0.15) is 0 Å². The zero-order valence-electron chi connectivity index (χ0n) is 10.1. The van der Waals surface area contributed by atoms with Gasteiger partial charge in [-0.05, 0) is 35.0 Å². The molecule has 3 nitrogen and oxygen atoms in total. The average Bonchev–Trinajstić information content (AvgIpc) is 2.38. The van der Waals surface area contributed by atoms with E-state index in [1.54, 1.807) is 7.11 Å². The third-order valence-electron chi connectivity index (χ3n) is 2.66. The van der Waals surface area contributed by atoms with Crippen LogP contribution < -0.4 is 5.32 Å². The third kappa shape index (κ3) is 3.09. The van der Waals surface area contributed by atoms with Gasteiger partial charge in [-0.15, -0.1) is 0 Å². The number of benzene rings is 2. The quantitative estimate of drug-likeness (QED) is 0.882. The van der Waals surface area contributed by atoms with Crippen LogP contribution in [0, 0.1) is 0 Å². The minimum Gasteiger partial charge on any atom is -0.383 e. The zero-order chi connectivity index (χ0) is 13.0. The van der Waals surface area contributed by atoms with E-state index in [0.29, 0.717) is 18.7 Å². The fraction of sp³-hybridized carbons (Fsp3) is 0.214. The van der Waals surface area contributed by atoms with Gasteiger partial charge in [0.05, 0.1) is 6.61 Å². The highest BCUT2D eigenvalue weighted by atomic mass is 79.9.